The molecule has 0 radical (unpaired) electrons. The second-order valence-electron chi connectivity index (χ2n) is 5.88. The SMILES string of the molecule is COC(=O)c1cc2n(n1)CCc1c-2nc2[nH]c(C(=O)OC)cc2c1C.Cl. The average molecular weight is 377 g/mol. The molecule has 0 saturated carbocycles. The number of esters is 2. The molecule has 4 heterocycles. The molecule has 0 aromatic carbocycles. The molecule has 136 valence electrons. The van der Waals surface area contributed by atoms with Crippen molar-refractivity contribution in [2.75, 3.05) is 14.2 Å². The van der Waals surface area contributed by atoms with Gasteiger partial charge in [0.25, 0.3) is 0 Å². The average Bonchev–Trinajstić information content (AvgIpc) is 3.24. The van der Waals surface area contributed by atoms with E-state index >= 15 is 0 Å². The monoisotopic (exact) mass is 376 g/mol. The van der Waals surface area contributed by atoms with Crippen molar-refractivity contribution in [1.29, 1.82) is 0 Å². The van der Waals surface area contributed by atoms with Crippen molar-refractivity contribution in [3.05, 3.63) is 34.6 Å². The summed E-state index contributed by atoms with van der Waals surface area (Å²) in [6.45, 7) is 2.66. The molecule has 1 N–H and O–H groups in total. The molecule has 8 nitrogen and oxygen atoms in total. The first kappa shape index (κ1) is 17.9. The lowest BCUT2D eigenvalue weighted by atomic mass is 9.97. The fourth-order valence-electron chi connectivity index (χ4n) is 3.27. The number of hydrogen-bond donors (Lipinski definition) is 1. The Morgan fingerprint density at radius 3 is 2.62 bits per heavy atom. The van der Waals surface area contributed by atoms with Gasteiger partial charge in [-0.3, -0.25) is 4.68 Å². The van der Waals surface area contributed by atoms with Crippen LogP contribution in [0, 0.1) is 6.92 Å². The lowest BCUT2D eigenvalue weighted by Gasteiger charge is -2.19. The number of hydrogen-bond acceptors (Lipinski definition) is 6. The third kappa shape index (κ3) is 2.53. The zero-order valence-electron chi connectivity index (χ0n) is 14.5. The van der Waals surface area contributed by atoms with Crippen molar-refractivity contribution in [2.24, 2.45) is 0 Å². The van der Waals surface area contributed by atoms with E-state index in [1.54, 1.807) is 16.8 Å². The van der Waals surface area contributed by atoms with Crippen LogP contribution in [0.25, 0.3) is 22.4 Å². The maximum absolute atomic E-state index is 11.8. The highest BCUT2D eigenvalue weighted by molar-refractivity contribution is 5.96. The van der Waals surface area contributed by atoms with Crippen LogP contribution < -0.4 is 0 Å². The second-order valence-corrected chi connectivity index (χ2v) is 5.88. The van der Waals surface area contributed by atoms with Crippen LogP contribution in [0.3, 0.4) is 0 Å². The van der Waals surface area contributed by atoms with E-state index in [4.69, 9.17) is 9.47 Å². The molecular formula is C17H17ClN4O4. The number of nitrogens with zero attached hydrogens (tertiary/aromatic N) is 3. The molecule has 3 aromatic heterocycles. The van der Waals surface area contributed by atoms with Crippen molar-refractivity contribution < 1.29 is 19.1 Å². The number of rotatable bonds is 2. The molecule has 0 saturated heterocycles. The van der Waals surface area contributed by atoms with Crippen LogP contribution in [0.4, 0.5) is 0 Å². The summed E-state index contributed by atoms with van der Waals surface area (Å²) < 4.78 is 11.3. The lowest BCUT2D eigenvalue weighted by molar-refractivity contribution is 0.0585. The fraction of sp³-hybridized carbons (Fsp3) is 0.294. The van der Waals surface area contributed by atoms with Crippen LogP contribution in [0.15, 0.2) is 12.1 Å². The van der Waals surface area contributed by atoms with Crippen LogP contribution in [0.1, 0.15) is 32.1 Å². The van der Waals surface area contributed by atoms with Crippen molar-refractivity contribution in [1.82, 2.24) is 19.7 Å². The Labute approximate surface area is 154 Å². The molecule has 0 bridgehead atoms. The molecule has 3 aromatic rings. The van der Waals surface area contributed by atoms with E-state index in [0.717, 1.165) is 34.3 Å². The van der Waals surface area contributed by atoms with Gasteiger partial charge in [-0.15, -0.1) is 12.4 Å². The maximum atomic E-state index is 11.8. The van der Waals surface area contributed by atoms with Gasteiger partial charge in [0.1, 0.15) is 11.3 Å². The van der Waals surface area contributed by atoms with Gasteiger partial charge < -0.3 is 14.5 Å². The number of aromatic nitrogens is 4. The Hall–Kier alpha value is -2.87. The number of aromatic amines is 1. The largest absolute Gasteiger partial charge is 0.464 e. The standard InChI is InChI=1S/C17H16N4O4.ClH/c1-8-9-4-5-21-13(7-12(20-21)17(23)25-3)14(9)19-15-10(8)6-11(18-15)16(22)24-2;/h6-7H,4-5H2,1-3H3,(H,18,19);1H. The molecule has 9 heteroatoms. The summed E-state index contributed by atoms with van der Waals surface area (Å²) >= 11 is 0. The van der Waals surface area contributed by atoms with Crippen LogP contribution >= 0.6 is 12.4 Å². The Balaban J connectivity index is 0.00000196. The van der Waals surface area contributed by atoms with E-state index in [1.807, 2.05) is 6.92 Å². The van der Waals surface area contributed by atoms with Gasteiger partial charge in [-0.2, -0.15) is 5.10 Å². The summed E-state index contributed by atoms with van der Waals surface area (Å²) in [6.07, 6.45) is 0.748. The number of fused-ring (bicyclic) bond motifs is 4. The Kier molecular flexibility index (Phi) is 4.45. The molecule has 0 aliphatic carbocycles. The number of H-pyrrole nitrogens is 1. The van der Waals surface area contributed by atoms with E-state index < -0.39 is 11.9 Å². The molecule has 0 amide bonds. The van der Waals surface area contributed by atoms with Crippen molar-refractivity contribution in [3.63, 3.8) is 0 Å². The third-order valence-corrected chi connectivity index (χ3v) is 4.56. The first-order valence-electron chi connectivity index (χ1n) is 7.80. The van der Waals surface area contributed by atoms with Crippen molar-refractivity contribution in [2.45, 2.75) is 19.9 Å². The van der Waals surface area contributed by atoms with E-state index in [-0.39, 0.29) is 18.1 Å². The number of halogens is 1. The number of nitrogens with one attached hydrogen (secondary N) is 1. The van der Waals surface area contributed by atoms with Crippen LogP contribution in [0.5, 0.6) is 0 Å². The van der Waals surface area contributed by atoms with Gasteiger partial charge in [0.15, 0.2) is 5.69 Å². The number of aryl methyl sites for hydroxylation is 2. The van der Waals surface area contributed by atoms with E-state index in [0.29, 0.717) is 17.9 Å². The highest BCUT2D eigenvalue weighted by Crippen LogP contribution is 2.34. The van der Waals surface area contributed by atoms with Crippen molar-refractivity contribution >= 4 is 35.4 Å². The van der Waals surface area contributed by atoms with Gasteiger partial charge in [-0.1, -0.05) is 0 Å². The molecule has 26 heavy (non-hydrogen) atoms. The fourth-order valence-corrected chi connectivity index (χ4v) is 3.27. The van der Waals surface area contributed by atoms with Crippen LogP contribution in [-0.2, 0) is 22.4 Å². The smallest absolute Gasteiger partial charge is 0.358 e. The molecule has 0 unspecified atom stereocenters. The summed E-state index contributed by atoms with van der Waals surface area (Å²) in [7, 11) is 2.67. The van der Waals surface area contributed by atoms with E-state index in [1.165, 1.54) is 14.2 Å². The van der Waals surface area contributed by atoms with E-state index in [9.17, 15) is 9.59 Å². The summed E-state index contributed by atoms with van der Waals surface area (Å²) in [5.41, 5.74) is 4.89. The summed E-state index contributed by atoms with van der Waals surface area (Å²) in [6, 6.07) is 3.45. The number of ether oxygens (including phenoxy) is 2. The van der Waals surface area contributed by atoms with Gasteiger partial charge in [-0.05, 0) is 30.5 Å². The topological polar surface area (TPSA) is 99.1 Å². The van der Waals surface area contributed by atoms with Gasteiger partial charge in [0, 0.05) is 18.0 Å². The Morgan fingerprint density at radius 1 is 1.19 bits per heavy atom. The molecule has 4 rings (SSSR count). The normalized spacial score (nSPS) is 12.1. The molecule has 1 aliphatic heterocycles. The predicted octanol–water partition coefficient (Wildman–Crippen LogP) is 2.29. The van der Waals surface area contributed by atoms with Gasteiger partial charge in [0.2, 0.25) is 0 Å². The second kappa shape index (κ2) is 6.45. The quantitative estimate of drug-likeness (QED) is 0.689. The summed E-state index contributed by atoms with van der Waals surface area (Å²) in [4.78, 5) is 31.2. The van der Waals surface area contributed by atoms with Gasteiger partial charge >= 0.3 is 11.9 Å². The lowest BCUT2D eigenvalue weighted by Crippen LogP contribution is -2.15. The molecule has 0 spiro atoms. The minimum absolute atomic E-state index is 0. The van der Waals surface area contributed by atoms with Crippen LogP contribution in [0.2, 0.25) is 0 Å². The predicted molar refractivity (Wildman–Crippen MR) is 95.7 cm³/mol. The van der Waals surface area contributed by atoms with Gasteiger partial charge in [0.05, 0.1) is 25.6 Å². The highest BCUT2D eigenvalue weighted by Gasteiger charge is 2.26. The first-order valence-corrected chi connectivity index (χ1v) is 7.80. The van der Waals surface area contributed by atoms with Crippen LogP contribution in [-0.4, -0.2) is 45.9 Å². The van der Waals surface area contributed by atoms with Gasteiger partial charge in [-0.25, -0.2) is 14.6 Å². The highest BCUT2D eigenvalue weighted by atomic mass is 35.5. The maximum Gasteiger partial charge on any atom is 0.358 e. The van der Waals surface area contributed by atoms with E-state index in [2.05, 4.69) is 15.1 Å². The third-order valence-electron chi connectivity index (χ3n) is 4.56. The molecule has 0 atom stereocenters. The Bertz CT molecular complexity index is 1040. The minimum Gasteiger partial charge on any atom is -0.464 e. The molecule has 0 fully saturated rings. The first-order chi connectivity index (χ1) is 12.0. The minimum atomic E-state index is -0.478. The summed E-state index contributed by atoms with van der Waals surface area (Å²) in [5.74, 6) is -0.914. The zero-order valence-corrected chi connectivity index (χ0v) is 15.3. The van der Waals surface area contributed by atoms with Crippen molar-refractivity contribution in [3.8, 4) is 11.4 Å². The Morgan fingerprint density at radius 2 is 1.92 bits per heavy atom. The zero-order chi connectivity index (χ0) is 17.7. The number of pyridine rings is 1. The number of methoxy groups -OCH3 is 2. The number of carbonyl (C=O) groups is 2. The number of carbonyl (C=O) groups excluding carboxylic acids is 2. The molecular weight excluding hydrogens is 360 g/mol. The summed E-state index contributed by atoms with van der Waals surface area (Å²) in [5, 5.41) is 5.18. The molecule has 1 aliphatic rings.